The molecule has 3 heterocycles. The lowest BCUT2D eigenvalue weighted by molar-refractivity contribution is 0.311. The molecule has 0 saturated carbocycles. The number of methoxy groups -OCH3 is 1. The number of pyridine rings is 1. The van der Waals surface area contributed by atoms with E-state index in [1.165, 1.54) is 0 Å². The van der Waals surface area contributed by atoms with Crippen LogP contribution in [0.5, 0.6) is 17.4 Å². The van der Waals surface area contributed by atoms with Crippen molar-refractivity contribution >= 4 is 0 Å². The number of aromatic nitrogens is 3. The Labute approximate surface area is 167 Å². The number of ether oxygens (including phenoxy) is 3. The van der Waals surface area contributed by atoms with E-state index >= 15 is 0 Å². The molecule has 8 nitrogen and oxygen atoms in total. The number of benzene rings is 1. The van der Waals surface area contributed by atoms with Gasteiger partial charge in [0, 0.05) is 18.0 Å². The number of fused-ring (bicyclic) bond motifs is 1. The third-order valence-corrected chi connectivity index (χ3v) is 4.71. The van der Waals surface area contributed by atoms with Crippen LogP contribution in [-0.4, -0.2) is 28.9 Å². The van der Waals surface area contributed by atoms with E-state index in [4.69, 9.17) is 19.9 Å². The van der Waals surface area contributed by atoms with E-state index in [1.807, 2.05) is 37.3 Å². The highest BCUT2D eigenvalue weighted by molar-refractivity contribution is 5.72. The molecule has 0 bridgehead atoms. The van der Waals surface area contributed by atoms with Crippen LogP contribution in [0, 0.1) is 11.3 Å². The normalized spacial score (nSPS) is 15.3. The van der Waals surface area contributed by atoms with Gasteiger partial charge < -0.3 is 19.9 Å². The number of aromatic amines is 1. The highest BCUT2D eigenvalue weighted by Gasteiger charge is 2.35. The van der Waals surface area contributed by atoms with Gasteiger partial charge in [-0.25, -0.2) is 0 Å². The number of nitrogens with zero attached hydrogens (tertiary/aromatic N) is 3. The van der Waals surface area contributed by atoms with Gasteiger partial charge in [-0.15, -0.1) is 5.10 Å². The molecule has 4 rings (SSSR count). The highest BCUT2D eigenvalue weighted by atomic mass is 16.5. The SMILES string of the molecule is CCOc1ccc(-c2[nH]nc3c2C(c2cccnc2)C(C#N)=C(N)O3)cc1OC. The molecule has 1 aliphatic rings. The van der Waals surface area contributed by atoms with Crippen LogP contribution in [0.2, 0.25) is 0 Å². The van der Waals surface area contributed by atoms with Crippen molar-refractivity contribution in [1.82, 2.24) is 15.2 Å². The van der Waals surface area contributed by atoms with Gasteiger partial charge in [0.15, 0.2) is 11.5 Å². The molecule has 2 aromatic heterocycles. The molecule has 0 radical (unpaired) electrons. The third kappa shape index (κ3) is 3.12. The summed E-state index contributed by atoms with van der Waals surface area (Å²) in [6.45, 7) is 2.44. The predicted octanol–water partition coefficient (Wildman–Crippen LogP) is 3.10. The zero-order valence-electron chi connectivity index (χ0n) is 16.0. The lowest BCUT2D eigenvalue weighted by atomic mass is 9.83. The van der Waals surface area contributed by atoms with Crippen molar-refractivity contribution in [1.29, 1.82) is 5.26 Å². The van der Waals surface area contributed by atoms with Crippen molar-refractivity contribution in [3.8, 4) is 34.7 Å². The molecule has 1 aromatic carbocycles. The van der Waals surface area contributed by atoms with Crippen LogP contribution in [-0.2, 0) is 0 Å². The summed E-state index contributed by atoms with van der Waals surface area (Å²) in [6, 6.07) is 11.5. The summed E-state index contributed by atoms with van der Waals surface area (Å²) in [5.74, 6) is 1.16. The van der Waals surface area contributed by atoms with Gasteiger partial charge in [-0.3, -0.25) is 10.1 Å². The molecule has 3 aromatic rings. The Bertz CT molecular complexity index is 1120. The minimum Gasteiger partial charge on any atom is -0.493 e. The minimum atomic E-state index is -0.455. The highest BCUT2D eigenvalue weighted by Crippen LogP contribution is 2.46. The first-order valence-corrected chi connectivity index (χ1v) is 9.04. The van der Waals surface area contributed by atoms with Crippen LogP contribution in [0.1, 0.15) is 24.0 Å². The molecule has 0 spiro atoms. The van der Waals surface area contributed by atoms with Crippen LogP contribution >= 0.6 is 0 Å². The van der Waals surface area contributed by atoms with Gasteiger partial charge in [0.1, 0.15) is 11.6 Å². The predicted molar refractivity (Wildman–Crippen MR) is 105 cm³/mol. The fraction of sp³-hybridized carbons (Fsp3) is 0.190. The Balaban J connectivity index is 1.89. The Hall–Kier alpha value is -3.99. The van der Waals surface area contributed by atoms with Crippen LogP contribution < -0.4 is 19.9 Å². The van der Waals surface area contributed by atoms with Gasteiger partial charge >= 0.3 is 0 Å². The summed E-state index contributed by atoms with van der Waals surface area (Å²) in [6.07, 6.45) is 3.39. The van der Waals surface area contributed by atoms with E-state index in [1.54, 1.807) is 19.5 Å². The first-order valence-electron chi connectivity index (χ1n) is 9.04. The third-order valence-electron chi connectivity index (χ3n) is 4.71. The van der Waals surface area contributed by atoms with Crippen molar-refractivity contribution in [3.05, 3.63) is 65.3 Å². The molecule has 29 heavy (non-hydrogen) atoms. The van der Waals surface area contributed by atoms with Crippen LogP contribution in [0.25, 0.3) is 11.3 Å². The number of H-pyrrole nitrogens is 1. The summed E-state index contributed by atoms with van der Waals surface area (Å²) < 4.78 is 16.7. The quantitative estimate of drug-likeness (QED) is 0.688. The van der Waals surface area contributed by atoms with Gasteiger partial charge in [-0.1, -0.05) is 6.07 Å². The van der Waals surface area contributed by atoms with Crippen LogP contribution in [0.4, 0.5) is 0 Å². The maximum absolute atomic E-state index is 9.74. The number of nitriles is 1. The first-order chi connectivity index (χ1) is 14.2. The van der Waals surface area contributed by atoms with E-state index in [0.717, 1.165) is 16.7 Å². The molecule has 3 N–H and O–H groups in total. The molecular weight excluding hydrogens is 370 g/mol. The van der Waals surface area contributed by atoms with E-state index in [2.05, 4.69) is 21.3 Å². The summed E-state index contributed by atoms with van der Waals surface area (Å²) in [5.41, 5.74) is 9.37. The summed E-state index contributed by atoms with van der Waals surface area (Å²) in [5, 5.41) is 17.0. The number of rotatable bonds is 5. The van der Waals surface area contributed by atoms with Gasteiger partial charge in [0.2, 0.25) is 11.8 Å². The second-order valence-corrected chi connectivity index (χ2v) is 6.33. The fourth-order valence-electron chi connectivity index (χ4n) is 3.44. The molecule has 0 aliphatic carbocycles. The number of nitrogens with one attached hydrogen (secondary N) is 1. The van der Waals surface area contributed by atoms with Gasteiger partial charge in [0.05, 0.1) is 30.9 Å². The van der Waals surface area contributed by atoms with Gasteiger partial charge in [-0.05, 0) is 36.8 Å². The van der Waals surface area contributed by atoms with Crippen LogP contribution in [0.3, 0.4) is 0 Å². The number of hydrogen-bond donors (Lipinski definition) is 2. The zero-order chi connectivity index (χ0) is 20.4. The number of nitrogens with two attached hydrogens (primary N) is 1. The Morgan fingerprint density at radius 1 is 1.31 bits per heavy atom. The molecule has 0 amide bonds. The second-order valence-electron chi connectivity index (χ2n) is 6.33. The topological polar surface area (TPSA) is 119 Å². The summed E-state index contributed by atoms with van der Waals surface area (Å²) >= 11 is 0. The number of allylic oxidation sites excluding steroid dienone is 1. The Morgan fingerprint density at radius 2 is 2.17 bits per heavy atom. The molecule has 1 unspecified atom stereocenters. The van der Waals surface area contributed by atoms with Crippen LogP contribution in [0.15, 0.2) is 54.2 Å². The first kappa shape index (κ1) is 18.4. The maximum atomic E-state index is 9.74. The Kier molecular flexibility index (Phi) is 4.79. The lowest BCUT2D eigenvalue weighted by Crippen LogP contribution is -2.21. The van der Waals surface area contributed by atoms with E-state index in [-0.39, 0.29) is 5.88 Å². The summed E-state index contributed by atoms with van der Waals surface area (Å²) in [7, 11) is 1.59. The second kappa shape index (κ2) is 7.56. The minimum absolute atomic E-state index is 0.0381. The Morgan fingerprint density at radius 3 is 2.86 bits per heavy atom. The van der Waals surface area contributed by atoms with Crippen molar-refractivity contribution in [2.24, 2.45) is 5.73 Å². The van der Waals surface area contributed by atoms with Crippen molar-refractivity contribution in [2.75, 3.05) is 13.7 Å². The van der Waals surface area contributed by atoms with E-state index < -0.39 is 5.92 Å². The molecule has 1 atom stereocenters. The fourth-order valence-corrected chi connectivity index (χ4v) is 3.44. The molecule has 8 heteroatoms. The lowest BCUT2D eigenvalue weighted by Gasteiger charge is -2.23. The molecule has 0 saturated heterocycles. The zero-order valence-corrected chi connectivity index (χ0v) is 16.0. The standard InChI is InChI=1S/C21H19N5O3/c1-3-28-15-7-6-12(9-16(15)27-2)19-18-17(13-5-4-8-24-11-13)14(10-22)20(23)29-21(18)26-25-19/h4-9,11,17H,3,23H2,1-2H3,(H,25,26). The summed E-state index contributed by atoms with van der Waals surface area (Å²) in [4.78, 5) is 4.19. The number of hydrogen-bond acceptors (Lipinski definition) is 7. The van der Waals surface area contributed by atoms with E-state index in [0.29, 0.717) is 35.3 Å². The van der Waals surface area contributed by atoms with Crippen molar-refractivity contribution < 1.29 is 14.2 Å². The van der Waals surface area contributed by atoms with Gasteiger partial charge in [0.25, 0.3) is 0 Å². The average molecular weight is 389 g/mol. The molecular formula is C21H19N5O3. The monoisotopic (exact) mass is 389 g/mol. The van der Waals surface area contributed by atoms with Crippen molar-refractivity contribution in [3.63, 3.8) is 0 Å². The van der Waals surface area contributed by atoms with E-state index in [9.17, 15) is 5.26 Å². The largest absolute Gasteiger partial charge is 0.493 e. The molecule has 146 valence electrons. The smallest absolute Gasteiger partial charge is 0.244 e. The maximum Gasteiger partial charge on any atom is 0.244 e. The molecule has 1 aliphatic heterocycles. The molecule has 0 fully saturated rings. The van der Waals surface area contributed by atoms with Crippen molar-refractivity contribution in [2.45, 2.75) is 12.8 Å². The van der Waals surface area contributed by atoms with Gasteiger partial charge in [-0.2, -0.15) is 5.26 Å². The average Bonchev–Trinajstić information content (AvgIpc) is 3.17.